The van der Waals surface area contributed by atoms with E-state index >= 15 is 0 Å². The molecule has 2 aromatic heterocycles. The van der Waals surface area contributed by atoms with Crippen LogP contribution in [-0.4, -0.2) is 22.6 Å². The third kappa shape index (κ3) is 6.46. The minimum atomic E-state index is -0.377. The van der Waals surface area contributed by atoms with Crippen LogP contribution in [0.2, 0.25) is 0 Å². The Hall–Kier alpha value is -3.13. The molecule has 0 saturated heterocycles. The molecule has 3 rings (SSSR count). The fourth-order valence-electron chi connectivity index (χ4n) is 2.38. The Morgan fingerprint density at radius 3 is 2.79 bits per heavy atom. The SMILES string of the molecule is Cc1ccc(NC(=O)Nc2ncc(COc3cccnc3)s2)c(OCC(C)C)c1. The molecule has 0 fully saturated rings. The molecule has 0 aliphatic rings. The average Bonchev–Trinajstić information content (AvgIpc) is 3.14. The fourth-order valence-corrected chi connectivity index (χ4v) is 3.10. The van der Waals surface area contributed by atoms with Crippen LogP contribution in [0, 0.1) is 12.8 Å². The fraction of sp³-hybridized carbons (Fsp3) is 0.286. The van der Waals surface area contributed by atoms with Crippen LogP contribution in [0.3, 0.4) is 0 Å². The van der Waals surface area contributed by atoms with Gasteiger partial charge in [0, 0.05) is 12.4 Å². The van der Waals surface area contributed by atoms with Crippen LogP contribution in [0.1, 0.15) is 24.3 Å². The normalized spacial score (nSPS) is 10.6. The molecule has 0 spiro atoms. The quantitative estimate of drug-likeness (QED) is 0.537. The minimum absolute atomic E-state index is 0.359. The smallest absolute Gasteiger partial charge is 0.325 e. The summed E-state index contributed by atoms with van der Waals surface area (Å²) < 4.78 is 11.5. The second-order valence-corrected chi connectivity index (χ2v) is 8.01. The van der Waals surface area contributed by atoms with Crippen molar-refractivity contribution >= 4 is 28.2 Å². The second-order valence-electron chi connectivity index (χ2n) is 6.89. The van der Waals surface area contributed by atoms with Crippen LogP contribution in [0.15, 0.2) is 48.9 Å². The number of amides is 2. The maximum absolute atomic E-state index is 12.4. The lowest BCUT2D eigenvalue weighted by molar-refractivity contribution is 0.260. The first-order valence-electron chi connectivity index (χ1n) is 9.28. The van der Waals surface area contributed by atoms with Crippen LogP contribution >= 0.6 is 11.3 Å². The van der Waals surface area contributed by atoms with Crippen LogP contribution in [0.5, 0.6) is 11.5 Å². The zero-order chi connectivity index (χ0) is 20.6. The minimum Gasteiger partial charge on any atom is -0.491 e. The molecular formula is C21H24N4O3S. The van der Waals surface area contributed by atoms with Gasteiger partial charge in [0.25, 0.3) is 0 Å². The largest absolute Gasteiger partial charge is 0.491 e. The number of carbonyl (C=O) groups excluding carboxylic acids is 1. The molecule has 0 aliphatic heterocycles. The molecule has 152 valence electrons. The number of carbonyl (C=O) groups is 1. The highest BCUT2D eigenvalue weighted by atomic mass is 32.1. The number of rotatable bonds is 8. The van der Waals surface area contributed by atoms with Crippen molar-refractivity contribution in [1.29, 1.82) is 0 Å². The number of hydrogen-bond acceptors (Lipinski definition) is 6. The number of nitrogens with one attached hydrogen (secondary N) is 2. The second kappa shape index (κ2) is 9.88. The number of pyridine rings is 1. The van der Waals surface area contributed by atoms with Gasteiger partial charge in [-0.25, -0.2) is 9.78 Å². The summed E-state index contributed by atoms with van der Waals surface area (Å²) in [6.07, 6.45) is 5.02. The van der Waals surface area contributed by atoms with E-state index in [0.29, 0.717) is 41.4 Å². The Morgan fingerprint density at radius 1 is 1.17 bits per heavy atom. The van der Waals surface area contributed by atoms with Gasteiger partial charge in [0.15, 0.2) is 5.13 Å². The molecule has 2 amide bonds. The van der Waals surface area contributed by atoms with E-state index in [2.05, 4.69) is 34.4 Å². The molecule has 2 N–H and O–H groups in total. The number of hydrogen-bond donors (Lipinski definition) is 2. The first-order chi connectivity index (χ1) is 14.0. The van der Waals surface area contributed by atoms with Gasteiger partial charge in [-0.05, 0) is 42.7 Å². The van der Waals surface area contributed by atoms with Crippen molar-refractivity contribution in [2.75, 3.05) is 17.2 Å². The summed E-state index contributed by atoms with van der Waals surface area (Å²) in [5.74, 6) is 1.72. The standard InChI is InChI=1S/C21H24N4O3S/c1-14(2)12-28-19-9-15(3)6-7-18(19)24-20(26)25-21-23-11-17(29-21)13-27-16-5-4-8-22-10-16/h4-11,14H,12-13H2,1-3H3,(H2,23,24,25,26). The van der Waals surface area contributed by atoms with Crippen LogP contribution in [-0.2, 0) is 6.61 Å². The number of anilines is 2. The predicted octanol–water partition coefficient (Wildman–Crippen LogP) is 5.10. The van der Waals surface area contributed by atoms with Gasteiger partial charge < -0.3 is 14.8 Å². The van der Waals surface area contributed by atoms with Gasteiger partial charge in [-0.2, -0.15) is 0 Å². The Bertz CT molecular complexity index is 944. The molecule has 7 nitrogen and oxygen atoms in total. The molecule has 0 atom stereocenters. The van der Waals surface area contributed by atoms with E-state index in [1.54, 1.807) is 18.6 Å². The average molecular weight is 413 g/mol. The summed E-state index contributed by atoms with van der Waals surface area (Å²) in [6, 6.07) is 8.94. The first-order valence-corrected chi connectivity index (χ1v) is 10.1. The summed E-state index contributed by atoms with van der Waals surface area (Å²) in [6.45, 7) is 7.07. The van der Waals surface area contributed by atoms with Gasteiger partial charge in [-0.15, -0.1) is 0 Å². The van der Waals surface area contributed by atoms with E-state index < -0.39 is 0 Å². The van der Waals surface area contributed by atoms with Crippen LogP contribution in [0.4, 0.5) is 15.6 Å². The molecule has 0 radical (unpaired) electrons. The van der Waals surface area contributed by atoms with Gasteiger partial charge in [-0.3, -0.25) is 10.3 Å². The molecule has 0 saturated carbocycles. The highest BCUT2D eigenvalue weighted by Gasteiger charge is 2.11. The molecule has 8 heteroatoms. The summed E-state index contributed by atoms with van der Waals surface area (Å²) in [5, 5.41) is 6.07. The van der Waals surface area contributed by atoms with E-state index in [1.807, 2.05) is 37.3 Å². The number of benzene rings is 1. The molecule has 2 heterocycles. The Balaban J connectivity index is 1.56. The summed E-state index contributed by atoms with van der Waals surface area (Å²) >= 11 is 1.35. The zero-order valence-electron chi connectivity index (χ0n) is 16.6. The predicted molar refractivity (Wildman–Crippen MR) is 115 cm³/mol. The number of nitrogens with zero attached hydrogens (tertiary/aromatic N) is 2. The topological polar surface area (TPSA) is 85.4 Å². The molecule has 0 aliphatic carbocycles. The summed E-state index contributed by atoms with van der Waals surface area (Å²) in [4.78, 5) is 21.5. The number of urea groups is 1. The van der Waals surface area contributed by atoms with E-state index in [9.17, 15) is 4.79 Å². The lowest BCUT2D eigenvalue weighted by Crippen LogP contribution is -2.20. The first kappa shape index (κ1) is 20.6. The Morgan fingerprint density at radius 2 is 2.03 bits per heavy atom. The molecule has 29 heavy (non-hydrogen) atoms. The van der Waals surface area contributed by atoms with Crippen molar-refractivity contribution < 1.29 is 14.3 Å². The van der Waals surface area contributed by atoms with Gasteiger partial charge in [0.2, 0.25) is 0 Å². The van der Waals surface area contributed by atoms with Crippen LogP contribution < -0.4 is 20.1 Å². The van der Waals surface area contributed by atoms with Crippen molar-refractivity contribution in [2.45, 2.75) is 27.4 Å². The summed E-state index contributed by atoms with van der Waals surface area (Å²) in [7, 11) is 0. The maximum atomic E-state index is 12.4. The van der Waals surface area contributed by atoms with Crippen molar-refractivity contribution in [2.24, 2.45) is 5.92 Å². The van der Waals surface area contributed by atoms with Crippen molar-refractivity contribution in [1.82, 2.24) is 9.97 Å². The highest BCUT2D eigenvalue weighted by molar-refractivity contribution is 7.15. The van der Waals surface area contributed by atoms with Crippen molar-refractivity contribution in [3.8, 4) is 11.5 Å². The van der Waals surface area contributed by atoms with Gasteiger partial charge in [-0.1, -0.05) is 31.3 Å². The Labute approximate surface area is 174 Å². The monoisotopic (exact) mass is 412 g/mol. The maximum Gasteiger partial charge on any atom is 0.325 e. The number of aryl methyl sites for hydroxylation is 1. The molecule has 1 aromatic carbocycles. The number of thiazole rings is 1. The number of aromatic nitrogens is 2. The Kier molecular flexibility index (Phi) is 7.02. The van der Waals surface area contributed by atoms with Gasteiger partial charge >= 0.3 is 6.03 Å². The van der Waals surface area contributed by atoms with E-state index in [0.717, 1.165) is 10.4 Å². The lowest BCUT2D eigenvalue weighted by Gasteiger charge is -2.14. The zero-order valence-corrected chi connectivity index (χ0v) is 17.5. The highest BCUT2D eigenvalue weighted by Crippen LogP contribution is 2.27. The molecule has 0 unspecified atom stereocenters. The molecule has 3 aromatic rings. The van der Waals surface area contributed by atoms with Crippen molar-refractivity contribution in [3.63, 3.8) is 0 Å². The third-order valence-electron chi connectivity index (χ3n) is 3.75. The van der Waals surface area contributed by atoms with Gasteiger partial charge in [0.05, 0.1) is 23.4 Å². The van der Waals surface area contributed by atoms with Gasteiger partial charge in [0.1, 0.15) is 18.1 Å². The van der Waals surface area contributed by atoms with E-state index in [4.69, 9.17) is 9.47 Å². The summed E-state index contributed by atoms with van der Waals surface area (Å²) in [5.41, 5.74) is 1.68. The van der Waals surface area contributed by atoms with E-state index in [1.165, 1.54) is 11.3 Å². The molecule has 0 bridgehead atoms. The van der Waals surface area contributed by atoms with Crippen LogP contribution in [0.25, 0.3) is 0 Å². The lowest BCUT2D eigenvalue weighted by atomic mass is 10.2. The van der Waals surface area contributed by atoms with E-state index in [-0.39, 0.29) is 6.03 Å². The third-order valence-corrected chi connectivity index (χ3v) is 4.63. The number of ether oxygens (including phenoxy) is 2. The molecular weight excluding hydrogens is 388 g/mol. The van der Waals surface area contributed by atoms with Crippen molar-refractivity contribution in [3.05, 3.63) is 59.4 Å².